The molecule has 0 amide bonds. The SMILES string of the molecule is COc1ccc(CCOC2CCCCO2)cc1. The third-order valence-corrected chi connectivity index (χ3v) is 2.99. The molecule has 1 aliphatic rings. The van der Waals surface area contributed by atoms with Crippen LogP contribution in [0.4, 0.5) is 0 Å². The topological polar surface area (TPSA) is 27.7 Å². The largest absolute Gasteiger partial charge is 0.497 e. The maximum Gasteiger partial charge on any atom is 0.157 e. The highest BCUT2D eigenvalue weighted by molar-refractivity contribution is 5.27. The summed E-state index contributed by atoms with van der Waals surface area (Å²) < 4.78 is 16.3. The van der Waals surface area contributed by atoms with Gasteiger partial charge in [0.05, 0.1) is 13.7 Å². The van der Waals surface area contributed by atoms with Crippen LogP contribution in [0.15, 0.2) is 24.3 Å². The van der Waals surface area contributed by atoms with Gasteiger partial charge in [0.25, 0.3) is 0 Å². The second kappa shape index (κ2) is 6.62. The number of methoxy groups -OCH3 is 1. The van der Waals surface area contributed by atoms with Crippen LogP contribution in [0, 0.1) is 0 Å². The Morgan fingerprint density at radius 2 is 2.06 bits per heavy atom. The second-order valence-corrected chi connectivity index (χ2v) is 4.26. The van der Waals surface area contributed by atoms with Crippen molar-refractivity contribution in [1.29, 1.82) is 0 Å². The fraction of sp³-hybridized carbons (Fsp3) is 0.571. The Kier molecular flexibility index (Phi) is 4.83. The minimum Gasteiger partial charge on any atom is -0.497 e. The van der Waals surface area contributed by atoms with E-state index in [0.29, 0.717) is 0 Å². The zero-order valence-electron chi connectivity index (χ0n) is 10.4. The van der Waals surface area contributed by atoms with Gasteiger partial charge in [0.1, 0.15) is 5.75 Å². The van der Waals surface area contributed by atoms with Crippen LogP contribution in [-0.4, -0.2) is 26.6 Å². The molecule has 1 fully saturated rings. The first-order valence-corrected chi connectivity index (χ1v) is 6.24. The fourth-order valence-electron chi connectivity index (χ4n) is 1.94. The number of hydrogen-bond donors (Lipinski definition) is 0. The third-order valence-electron chi connectivity index (χ3n) is 2.99. The number of ether oxygens (including phenoxy) is 3. The summed E-state index contributed by atoms with van der Waals surface area (Å²) in [6.07, 6.45) is 4.35. The Morgan fingerprint density at radius 3 is 2.71 bits per heavy atom. The smallest absolute Gasteiger partial charge is 0.157 e. The van der Waals surface area contributed by atoms with Crippen LogP contribution in [0.1, 0.15) is 24.8 Å². The first kappa shape index (κ1) is 12.4. The quantitative estimate of drug-likeness (QED) is 0.786. The standard InChI is InChI=1S/C14H20O3/c1-15-13-7-5-12(6-8-13)9-11-17-14-4-2-3-10-16-14/h5-8,14H,2-4,9-11H2,1H3. The molecule has 0 aromatic heterocycles. The molecule has 3 heteroatoms. The zero-order chi connectivity index (χ0) is 11.9. The van der Waals surface area contributed by atoms with Crippen molar-refractivity contribution in [3.63, 3.8) is 0 Å². The molecule has 1 aliphatic heterocycles. The molecule has 0 aliphatic carbocycles. The Morgan fingerprint density at radius 1 is 1.24 bits per heavy atom. The van der Waals surface area contributed by atoms with E-state index < -0.39 is 0 Å². The van der Waals surface area contributed by atoms with Crippen molar-refractivity contribution in [2.45, 2.75) is 32.0 Å². The van der Waals surface area contributed by atoms with Gasteiger partial charge in [-0.15, -0.1) is 0 Å². The second-order valence-electron chi connectivity index (χ2n) is 4.26. The fourth-order valence-corrected chi connectivity index (χ4v) is 1.94. The van der Waals surface area contributed by atoms with Crippen molar-refractivity contribution >= 4 is 0 Å². The Balaban J connectivity index is 1.69. The predicted octanol–water partition coefficient (Wildman–Crippen LogP) is 2.78. The van der Waals surface area contributed by atoms with Crippen LogP contribution in [0.3, 0.4) is 0 Å². The third kappa shape index (κ3) is 4.02. The van der Waals surface area contributed by atoms with Crippen molar-refractivity contribution < 1.29 is 14.2 Å². The van der Waals surface area contributed by atoms with Crippen LogP contribution in [-0.2, 0) is 15.9 Å². The average molecular weight is 236 g/mol. The summed E-state index contributed by atoms with van der Waals surface area (Å²) in [7, 11) is 1.68. The lowest BCUT2D eigenvalue weighted by Gasteiger charge is -2.22. The molecule has 1 atom stereocenters. The summed E-state index contributed by atoms with van der Waals surface area (Å²) in [6, 6.07) is 8.10. The van der Waals surface area contributed by atoms with E-state index in [9.17, 15) is 0 Å². The Hall–Kier alpha value is -1.06. The summed E-state index contributed by atoms with van der Waals surface area (Å²) in [5, 5.41) is 0. The highest BCUT2D eigenvalue weighted by Crippen LogP contribution is 2.15. The lowest BCUT2D eigenvalue weighted by Crippen LogP contribution is -2.23. The number of benzene rings is 1. The number of rotatable bonds is 5. The molecule has 0 N–H and O–H groups in total. The molecule has 1 saturated heterocycles. The molecule has 3 nitrogen and oxygen atoms in total. The van der Waals surface area contributed by atoms with E-state index in [1.165, 1.54) is 18.4 Å². The molecular weight excluding hydrogens is 216 g/mol. The normalized spacial score (nSPS) is 20.2. The minimum atomic E-state index is 0.0157. The summed E-state index contributed by atoms with van der Waals surface area (Å²) in [4.78, 5) is 0. The molecule has 0 bridgehead atoms. The summed E-state index contributed by atoms with van der Waals surface area (Å²) >= 11 is 0. The molecule has 0 saturated carbocycles. The lowest BCUT2D eigenvalue weighted by molar-refractivity contribution is -0.161. The Labute approximate surface area is 103 Å². The van der Waals surface area contributed by atoms with Crippen LogP contribution in [0.2, 0.25) is 0 Å². The molecule has 1 aromatic rings. The maximum absolute atomic E-state index is 5.69. The van der Waals surface area contributed by atoms with E-state index in [4.69, 9.17) is 14.2 Å². The van der Waals surface area contributed by atoms with E-state index in [-0.39, 0.29) is 6.29 Å². The van der Waals surface area contributed by atoms with Crippen LogP contribution in [0.25, 0.3) is 0 Å². The molecule has 1 aromatic carbocycles. The lowest BCUT2D eigenvalue weighted by atomic mass is 10.1. The van der Waals surface area contributed by atoms with Gasteiger partial charge in [-0.1, -0.05) is 12.1 Å². The number of hydrogen-bond acceptors (Lipinski definition) is 3. The maximum atomic E-state index is 5.69. The van der Waals surface area contributed by atoms with Gasteiger partial charge in [0.2, 0.25) is 0 Å². The van der Waals surface area contributed by atoms with Crippen LogP contribution < -0.4 is 4.74 Å². The average Bonchev–Trinajstić information content (AvgIpc) is 2.41. The zero-order valence-corrected chi connectivity index (χ0v) is 10.4. The van der Waals surface area contributed by atoms with Crippen molar-refractivity contribution in [3.8, 4) is 5.75 Å². The summed E-state index contributed by atoms with van der Waals surface area (Å²) in [6.45, 7) is 1.56. The molecule has 94 valence electrons. The highest BCUT2D eigenvalue weighted by atomic mass is 16.7. The van der Waals surface area contributed by atoms with Gasteiger partial charge in [0, 0.05) is 6.61 Å². The van der Waals surface area contributed by atoms with E-state index in [2.05, 4.69) is 12.1 Å². The van der Waals surface area contributed by atoms with Crippen molar-refractivity contribution in [2.24, 2.45) is 0 Å². The molecular formula is C14H20O3. The summed E-state index contributed by atoms with van der Waals surface area (Å²) in [5.74, 6) is 0.894. The Bertz CT molecular complexity index is 315. The predicted molar refractivity (Wildman–Crippen MR) is 66.2 cm³/mol. The molecule has 2 rings (SSSR count). The van der Waals surface area contributed by atoms with Crippen molar-refractivity contribution in [1.82, 2.24) is 0 Å². The molecule has 1 heterocycles. The van der Waals surface area contributed by atoms with E-state index in [1.54, 1.807) is 7.11 Å². The van der Waals surface area contributed by atoms with Gasteiger partial charge in [0.15, 0.2) is 6.29 Å². The van der Waals surface area contributed by atoms with Crippen LogP contribution >= 0.6 is 0 Å². The first-order valence-electron chi connectivity index (χ1n) is 6.24. The first-order chi connectivity index (χ1) is 8.38. The van der Waals surface area contributed by atoms with E-state index in [0.717, 1.165) is 31.8 Å². The van der Waals surface area contributed by atoms with Gasteiger partial charge < -0.3 is 14.2 Å². The van der Waals surface area contributed by atoms with E-state index >= 15 is 0 Å². The molecule has 17 heavy (non-hydrogen) atoms. The van der Waals surface area contributed by atoms with Crippen molar-refractivity contribution in [2.75, 3.05) is 20.3 Å². The monoisotopic (exact) mass is 236 g/mol. The molecule has 0 spiro atoms. The van der Waals surface area contributed by atoms with Gasteiger partial charge >= 0.3 is 0 Å². The molecule has 0 radical (unpaired) electrons. The van der Waals surface area contributed by atoms with Gasteiger partial charge in [-0.3, -0.25) is 0 Å². The van der Waals surface area contributed by atoms with Gasteiger partial charge in [-0.25, -0.2) is 0 Å². The highest BCUT2D eigenvalue weighted by Gasteiger charge is 2.13. The van der Waals surface area contributed by atoms with Crippen LogP contribution in [0.5, 0.6) is 5.75 Å². The van der Waals surface area contributed by atoms with E-state index in [1.807, 2.05) is 12.1 Å². The van der Waals surface area contributed by atoms with Crippen molar-refractivity contribution in [3.05, 3.63) is 29.8 Å². The van der Waals surface area contributed by atoms with Gasteiger partial charge in [-0.2, -0.15) is 0 Å². The summed E-state index contributed by atoms with van der Waals surface area (Å²) in [5.41, 5.74) is 1.27. The molecule has 1 unspecified atom stereocenters. The van der Waals surface area contributed by atoms with Gasteiger partial charge in [-0.05, 0) is 43.4 Å². The minimum absolute atomic E-state index is 0.0157.